The van der Waals surface area contributed by atoms with Gasteiger partial charge < -0.3 is 14.2 Å². The maximum Gasteiger partial charge on any atom is 0.120 e. The molecule has 0 spiro atoms. The van der Waals surface area contributed by atoms with Crippen LogP contribution in [0.5, 0.6) is 5.75 Å². The number of aryl methyl sites for hydroxylation is 1. The van der Waals surface area contributed by atoms with E-state index in [1.54, 1.807) is 7.11 Å². The molecular formula is C13H18N2O. The fourth-order valence-electron chi connectivity index (χ4n) is 2.04. The summed E-state index contributed by atoms with van der Waals surface area (Å²) in [5.74, 6) is 0.908. The molecule has 0 fully saturated rings. The lowest BCUT2D eigenvalue weighted by molar-refractivity contribution is 0.403. The number of methoxy groups -OCH3 is 1. The molecule has 0 amide bonds. The van der Waals surface area contributed by atoms with Crippen molar-refractivity contribution in [2.75, 3.05) is 21.2 Å². The van der Waals surface area contributed by atoms with E-state index in [9.17, 15) is 0 Å². The molecular weight excluding hydrogens is 200 g/mol. The summed E-state index contributed by atoms with van der Waals surface area (Å²) < 4.78 is 7.39. The summed E-state index contributed by atoms with van der Waals surface area (Å²) in [4.78, 5) is 2.18. The Balaban J connectivity index is 2.53. The van der Waals surface area contributed by atoms with Crippen molar-refractivity contribution in [2.24, 2.45) is 7.05 Å². The molecule has 0 saturated carbocycles. The Labute approximate surface area is 96.2 Å². The summed E-state index contributed by atoms with van der Waals surface area (Å²) >= 11 is 0. The normalized spacial score (nSPS) is 11.3. The van der Waals surface area contributed by atoms with Gasteiger partial charge in [-0.1, -0.05) is 0 Å². The molecule has 1 aromatic heterocycles. The van der Waals surface area contributed by atoms with Crippen molar-refractivity contribution >= 4 is 10.9 Å². The number of ether oxygens (including phenoxy) is 1. The fraction of sp³-hybridized carbons (Fsp3) is 0.385. The average molecular weight is 218 g/mol. The van der Waals surface area contributed by atoms with Crippen LogP contribution >= 0.6 is 0 Å². The standard InChI is InChI=1S/C13H18N2O/c1-14(2)8-10-9-15(3)13-7-11(16-4)5-6-12(10)13/h5-7,9H,8H2,1-4H3. The number of hydrogen-bond donors (Lipinski definition) is 0. The van der Waals surface area contributed by atoms with E-state index in [4.69, 9.17) is 4.74 Å². The van der Waals surface area contributed by atoms with Gasteiger partial charge in [0.25, 0.3) is 0 Å². The monoisotopic (exact) mass is 218 g/mol. The Bertz CT molecular complexity index is 500. The van der Waals surface area contributed by atoms with Gasteiger partial charge >= 0.3 is 0 Å². The molecule has 3 nitrogen and oxygen atoms in total. The lowest BCUT2D eigenvalue weighted by atomic mass is 10.1. The van der Waals surface area contributed by atoms with Gasteiger partial charge in [0, 0.05) is 31.2 Å². The first-order valence-corrected chi connectivity index (χ1v) is 5.38. The second kappa shape index (κ2) is 4.18. The summed E-state index contributed by atoms with van der Waals surface area (Å²) in [7, 11) is 7.94. The smallest absolute Gasteiger partial charge is 0.120 e. The Morgan fingerprint density at radius 3 is 2.69 bits per heavy atom. The highest BCUT2D eigenvalue weighted by Gasteiger charge is 2.07. The molecule has 0 atom stereocenters. The summed E-state index contributed by atoms with van der Waals surface area (Å²) in [6.07, 6.45) is 2.18. The minimum Gasteiger partial charge on any atom is -0.497 e. The third kappa shape index (κ3) is 1.91. The lowest BCUT2D eigenvalue weighted by Crippen LogP contribution is -2.10. The van der Waals surface area contributed by atoms with Crippen molar-refractivity contribution in [1.82, 2.24) is 9.47 Å². The number of fused-ring (bicyclic) bond motifs is 1. The van der Waals surface area contributed by atoms with Crippen LogP contribution in [0.3, 0.4) is 0 Å². The first-order valence-electron chi connectivity index (χ1n) is 5.38. The van der Waals surface area contributed by atoms with Crippen LogP contribution in [0.2, 0.25) is 0 Å². The third-order valence-corrected chi connectivity index (χ3v) is 2.77. The summed E-state index contributed by atoms with van der Waals surface area (Å²) in [6.45, 7) is 0.962. The Morgan fingerprint density at radius 1 is 1.31 bits per heavy atom. The molecule has 1 aromatic carbocycles. The number of aromatic nitrogens is 1. The van der Waals surface area contributed by atoms with Gasteiger partial charge in [-0.3, -0.25) is 0 Å². The quantitative estimate of drug-likeness (QED) is 0.786. The van der Waals surface area contributed by atoms with Crippen molar-refractivity contribution in [2.45, 2.75) is 6.54 Å². The van der Waals surface area contributed by atoms with Crippen LogP contribution in [0.15, 0.2) is 24.4 Å². The molecule has 3 heteroatoms. The Morgan fingerprint density at radius 2 is 2.06 bits per heavy atom. The SMILES string of the molecule is COc1ccc2c(CN(C)C)cn(C)c2c1. The van der Waals surface area contributed by atoms with Gasteiger partial charge in [0.2, 0.25) is 0 Å². The van der Waals surface area contributed by atoms with Crippen LogP contribution in [0.4, 0.5) is 0 Å². The van der Waals surface area contributed by atoms with Gasteiger partial charge in [-0.2, -0.15) is 0 Å². The summed E-state index contributed by atoms with van der Waals surface area (Å²) in [5.41, 5.74) is 2.57. The molecule has 0 saturated heterocycles. The molecule has 0 unspecified atom stereocenters. The van der Waals surface area contributed by atoms with Gasteiger partial charge in [-0.25, -0.2) is 0 Å². The molecule has 0 radical (unpaired) electrons. The molecule has 16 heavy (non-hydrogen) atoms. The van der Waals surface area contributed by atoms with Crippen molar-refractivity contribution in [1.29, 1.82) is 0 Å². The minimum atomic E-state index is 0.908. The molecule has 0 aliphatic rings. The average Bonchev–Trinajstić information content (AvgIpc) is 2.54. The maximum absolute atomic E-state index is 5.24. The fourth-order valence-corrected chi connectivity index (χ4v) is 2.04. The number of benzene rings is 1. The van der Waals surface area contributed by atoms with Gasteiger partial charge in [0.15, 0.2) is 0 Å². The summed E-state index contributed by atoms with van der Waals surface area (Å²) in [5, 5.41) is 1.30. The van der Waals surface area contributed by atoms with Crippen LogP contribution in [0.25, 0.3) is 10.9 Å². The van der Waals surface area contributed by atoms with Crippen molar-refractivity contribution < 1.29 is 4.74 Å². The zero-order chi connectivity index (χ0) is 11.7. The molecule has 0 aliphatic heterocycles. The van der Waals surface area contributed by atoms with E-state index < -0.39 is 0 Å². The molecule has 86 valence electrons. The largest absolute Gasteiger partial charge is 0.497 e. The highest BCUT2D eigenvalue weighted by molar-refractivity contribution is 5.85. The topological polar surface area (TPSA) is 17.4 Å². The zero-order valence-electron chi connectivity index (χ0n) is 10.3. The van der Waals surface area contributed by atoms with E-state index in [1.807, 2.05) is 6.07 Å². The maximum atomic E-state index is 5.24. The third-order valence-electron chi connectivity index (χ3n) is 2.77. The molecule has 2 rings (SSSR count). The number of hydrogen-bond acceptors (Lipinski definition) is 2. The van der Waals surface area contributed by atoms with Gasteiger partial charge in [0.1, 0.15) is 5.75 Å². The van der Waals surface area contributed by atoms with E-state index in [2.05, 4.69) is 48.9 Å². The van der Waals surface area contributed by atoms with Crippen molar-refractivity contribution in [3.63, 3.8) is 0 Å². The molecule has 0 bridgehead atoms. The van der Waals surface area contributed by atoms with Gasteiger partial charge in [-0.05, 0) is 31.8 Å². The Kier molecular flexibility index (Phi) is 2.88. The van der Waals surface area contributed by atoms with E-state index in [0.29, 0.717) is 0 Å². The number of nitrogens with zero attached hydrogens (tertiary/aromatic N) is 2. The van der Waals surface area contributed by atoms with Gasteiger partial charge in [-0.15, -0.1) is 0 Å². The first kappa shape index (κ1) is 11.0. The second-order valence-corrected chi connectivity index (χ2v) is 4.39. The van der Waals surface area contributed by atoms with Crippen molar-refractivity contribution in [3.05, 3.63) is 30.0 Å². The van der Waals surface area contributed by atoms with Gasteiger partial charge in [0.05, 0.1) is 12.6 Å². The second-order valence-electron chi connectivity index (χ2n) is 4.39. The zero-order valence-corrected chi connectivity index (χ0v) is 10.3. The van der Waals surface area contributed by atoms with Crippen LogP contribution in [0, 0.1) is 0 Å². The lowest BCUT2D eigenvalue weighted by Gasteiger charge is -2.08. The number of rotatable bonds is 3. The van der Waals surface area contributed by atoms with E-state index in [0.717, 1.165) is 12.3 Å². The van der Waals surface area contributed by atoms with Crippen LogP contribution in [-0.2, 0) is 13.6 Å². The predicted octanol–water partition coefficient (Wildman–Crippen LogP) is 2.25. The van der Waals surface area contributed by atoms with Crippen molar-refractivity contribution in [3.8, 4) is 5.75 Å². The molecule has 1 heterocycles. The predicted molar refractivity (Wildman–Crippen MR) is 66.9 cm³/mol. The Hall–Kier alpha value is -1.48. The van der Waals surface area contributed by atoms with Crippen LogP contribution in [-0.4, -0.2) is 30.7 Å². The van der Waals surface area contributed by atoms with E-state index in [-0.39, 0.29) is 0 Å². The highest BCUT2D eigenvalue weighted by atomic mass is 16.5. The highest BCUT2D eigenvalue weighted by Crippen LogP contribution is 2.25. The minimum absolute atomic E-state index is 0.908. The molecule has 0 N–H and O–H groups in total. The summed E-state index contributed by atoms with van der Waals surface area (Å²) in [6, 6.07) is 6.23. The van der Waals surface area contributed by atoms with Crippen LogP contribution in [0.1, 0.15) is 5.56 Å². The van der Waals surface area contributed by atoms with E-state index in [1.165, 1.54) is 16.5 Å². The van der Waals surface area contributed by atoms with Crippen LogP contribution < -0.4 is 4.74 Å². The van der Waals surface area contributed by atoms with E-state index >= 15 is 0 Å². The molecule has 2 aromatic rings. The molecule has 0 aliphatic carbocycles. The first-order chi connectivity index (χ1) is 7.61.